The van der Waals surface area contributed by atoms with E-state index >= 15 is 0 Å². The van der Waals surface area contributed by atoms with Gasteiger partial charge >= 0.3 is 12.1 Å². The van der Waals surface area contributed by atoms with Gasteiger partial charge in [-0.05, 0) is 48.7 Å². The number of alkyl halides is 3. The van der Waals surface area contributed by atoms with E-state index < -0.39 is 23.6 Å². The van der Waals surface area contributed by atoms with E-state index in [9.17, 15) is 27.5 Å². The van der Waals surface area contributed by atoms with Crippen LogP contribution in [0.1, 0.15) is 28.8 Å². The molecule has 1 amide bonds. The van der Waals surface area contributed by atoms with E-state index in [1.165, 1.54) is 13.2 Å². The number of nitrogens with one attached hydrogen (secondary N) is 3. The van der Waals surface area contributed by atoms with Gasteiger partial charge in [0.1, 0.15) is 0 Å². The van der Waals surface area contributed by atoms with Gasteiger partial charge in [0.25, 0.3) is 5.91 Å². The van der Waals surface area contributed by atoms with Crippen LogP contribution in [0, 0.1) is 5.82 Å². The van der Waals surface area contributed by atoms with Gasteiger partial charge in [0.15, 0.2) is 11.6 Å². The molecule has 0 aromatic heterocycles. The number of carbonyl (C=O) groups is 2. The van der Waals surface area contributed by atoms with E-state index in [1.807, 2.05) is 18.2 Å². The first-order valence-electron chi connectivity index (χ1n) is 11.9. The smallest absolute Gasteiger partial charge is 0.490 e. The SMILES string of the molecule is COc1ccc(CNc2ccc(N3CCNCC3)c(C(=O)NCC3(O)CC3)c2)cc1F.O=C(O)C(F)(F)F. The van der Waals surface area contributed by atoms with Crippen molar-refractivity contribution >= 4 is 23.3 Å². The minimum atomic E-state index is -5.08. The maximum atomic E-state index is 14.0. The molecule has 2 fully saturated rings. The van der Waals surface area contributed by atoms with Crippen molar-refractivity contribution < 1.29 is 42.1 Å². The minimum Gasteiger partial charge on any atom is -0.494 e. The molecule has 2 aromatic rings. The number of aliphatic hydroxyl groups is 1. The van der Waals surface area contributed by atoms with Gasteiger partial charge in [-0.1, -0.05) is 6.07 Å². The van der Waals surface area contributed by atoms with E-state index in [0.29, 0.717) is 12.1 Å². The number of hydrogen-bond donors (Lipinski definition) is 5. The van der Waals surface area contributed by atoms with Crippen LogP contribution in [0.3, 0.4) is 0 Å². The Kier molecular flexibility index (Phi) is 9.39. The molecule has 208 valence electrons. The fourth-order valence-corrected chi connectivity index (χ4v) is 3.69. The predicted molar refractivity (Wildman–Crippen MR) is 132 cm³/mol. The maximum Gasteiger partial charge on any atom is 0.490 e. The third-order valence-electron chi connectivity index (χ3n) is 6.06. The zero-order valence-corrected chi connectivity index (χ0v) is 20.7. The third-order valence-corrected chi connectivity index (χ3v) is 6.06. The standard InChI is InChI=1S/C23H29FN4O3.C2HF3O2/c1-31-21-5-2-16(12-19(21)24)14-26-17-3-4-20(28-10-8-25-9-11-28)18(13-17)22(29)27-15-23(30)6-7-23;3-2(4,5)1(6)7/h2-5,12-13,25-26,30H,6-11,14-15H2,1H3,(H,27,29);(H,6,7). The van der Waals surface area contributed by atoms with Crippen molar-refractivity contribution in [2.45, 2.75) is 31.2 Å². The van der Waals surface area contributed by atoms with Crippen molar-refractivity contribution in [3.05, 3.63) is 53.3 Å². The van der Waals surface area contributed by atoms with E-state index in [4.69, 9.17) is 14.6 Å². The molecule has 0 unspecified atom stereocenters. The maximum absolute atomic E-state index is 14.0. The zero-order chi connectivity index (χ0) is 27.9. The van der Waals surface area contributed by atoms with Crippen LogP contribution in [0.5, 0.6) is 5.75 Å². The molecule has 38 heavy (non-hydrogen) atoms. The topological polar surface area (TPSA) is 123 Å². The lowest BCUT2D eigenvalue weighted by atomic mass is 10.1. The van der Waals surface area contributed by atoms with Gasteiger partial charge in [-0.2, -0.15) is 13.2 Å². The van der Waals surface area contributed by atoms with Crippen LogP contribution < -0.4 is 25.6 Å². The zero-order valence-electron chi connectivity index (χ0n) is 20.7. The number of halogens is 4. The molecular formula is C25H30F4N4O5. The second kappa shape index (κ2) is 12.3. The summed E-state index contributed by atoms with van der Waals surface area (Å²) in [7, 11) is 1.44. The van der Waals surface area contributed by atoms with Gasteiger partial charge in [0, 0.05) is 50.6 Å². The summed E-state index contributed by atoms with van der Waals surface area (Å²) in [4.78, 5) is 24.1. The van der Waals surface area contributed by atoms with Gasteiger partial charge < -0.3 is 35.8 Å². The van der Waals surface area contributed by atoms with Crippen LogP contribution in [0.15, 0.2) is 36.4 Å². The van der Waals surface area contributed by atoms with Crippen LogP contribution in [0.2, 0.25) is 0 Å². The van der Waals surface area contributed by atoms with E-state index in [-0.39, 0.29) is 18.2 Å². The largest absolute Gasteiger partial charge is 0.494 e. The number of methoxy groups -OCH3 is 1. The molecule has 9 nitrogen and oxygen atoms in total. The lowest BCUT2D eigenvalue weighted by Crippen LogP contribution is -2.44. The number of carboxylic acid groups (broad SMARTS) is 1. The van der Waals surface area contributed by atoms with Crippen molar-refractivity contribution in [1.82, 2.24) is 10.6 Å². The van der Waals surface area contributed by atoms with Crippen molar-refractivity contribution in [3.8, 4) is 5.75 Å². The fraction of sp³-hybridized carbons (Fsp3) is 0.440. The van der Waals surface area contributed by atoms with Crippen molar-refractivity contribution in [1.29, 1.82) is 0 Å². The highest BCUT2D eigenvalue weighted by Gasteiger charge is 2.40. The molecule has 1 heterocycles. The number of carbonyl (C=O) groups excluding carboxylic acids is 1. The third kappa shape index (κ3) is 8.21. The Balaban J connectivity index is 0.000000505. The van der Waals surface area contributed by atoms with Gasteiger partial charge in [0.2, 0.25) is 0 Å². The van der Waals surface area contributed by atoms with Gasteiger partial charge in [-0.25, -0.2) is 9.18 Å². The molecule has 1 aliphatic heterocycles. The van der Waals surface area contributed by atoms with Gasteiger partial charge in [0.05, 0.1) is 18.3 Å². The van der Waals surface area contributed by atoms with Crippen LogP contribution >= 0.6 is 0 Å². The molecule has 2 aliphatic rings. The number of carboxylic acids is 1. The van der Waals surface area contributed by atoms with Crippen LogP contribution in [0.4, 0.5) is 28.9 Å². The van der Waals surface area contributed by atoms with Crippen LogP contribution in [-0.2, 0) is 11.3 Å². The average molecular weight is 543 g/mol. The van der Waals surface area contributed by atoms with Crippen LogP contribution in [-0.4, -0.2) is 73.7 Å². The Morgan fingerprint density at radius 2 is 1.79 bits per heavy atom. The number of aliphatic carboxylic acids is 1. The number of benzene rings is 2. The van der Waals surface area contributed by atoms with Crippen molar-refractivity contribution in [2.75, 3.05) is 50.1 Å². The summed E-state index contributed by atoms with van der Waals surface area (Å²) in [6.07, 6.45) is -3.64. The quantitative estimate of drug-likeness (QED) is 0.323. The second-order valence-corrected chi connectivity index (χ2v) is 9.00. The summed E-state index contributed by atoms with van der Waals surface area (Å²) in [5.74, 6) is -3.16. The molecule has 13 heteroatoms. The molecule has 0 radical (unpaired) electrons. The highest BCUT2D eigenvalue weighted by atomic mass is 19.4. The van der Waals surface area contributed by atoms with E-state index in [0.717, 1.165) is 56.0 Å². The number of hydrogen-bond acceptors (Lipinski definition) is 7. The summed E-state index contributed by atoms with van der Waals surface area (Å²) in [6.45, 7) is 4.04. The number of ether oxygens (including phenoxy) is 1. The Hall–Kier alpha value is -3.58. The van der Waals surface area contributed by atoms with Gasteiger partial charge in [-0.3, -0.25) is 4.79 Å². The Morgan fingerprint density at radius 1 is 1.13 bits per heavy atom. The lowest BCUT2D eigenvalue weighted by molar-refractivity contribution is -0.192. The number of piperazine rings is 1. The summed E-state index contributed by atoms with van der Waals surface area (Å²) in [5, 5.41) is 26.7. The summed E-state index contributed by atoms with van der Waals surface area (Å²) in [5.41, 5.74) is 2.23. The first-order chi connectivity index (χ1) is 17.9. The Morgan fingerprint density at radius 3 is 2.34 bits per heavy atom. The van der Waals surface area contributed by atoms with Gasteiger partial charge in [-0.15, -0.1) is 0 Å². The monoisotopic (exact) mass is 542 g/mol. The first kappa shape index (κ1) is 29.0. The number of nitrogens with zero attached hydrogens (tertiary/aromatic N) is 1. The summed E-state index contributed by atoms with van der Waals surface area (Å²) < 4.78 is 50.7. The van der Waals surface area contributed by atoms with E-state index in [2.05, 4.69) is 20.9 Å². The highest BCUT2D eigenvalue weighted by molar-refractivity contribution is 6.01. The summed E-state index contributed by atoms with van der Waals surface area (Å²) in [6, 6.07) is 10.5. The Labute approximate surface area is 216 Å². The molecule has 0 atom stereocenters. The molecule has 1 aliphatic carbocycles. The number of amides is 1. The average Bonchev–Trinajstić information content (AvgIpc) is 3.63. The molecule has 5 N–H and O–H groups in total. The number of rotatable bonds is 8. The first-order valence-corrected chi connectivity index (χ1v) is 11.9. The molecule has 0 spiro atoms. The number of anilines is 2. The fourth-order valence-electron chi connectivity index (χ4n) is 3.69. The minimum absolute atomic E-state index is 0.201. The van der Waals surface area contributed by atoms with Crippen molar-refractivity contribution in [2.24, 2.45) is 0 Å². The molecule has 1 saturated heterocycles. The summed E-state index contributed by atoms with van der Waals surface area (Å²) >= 11 is 0. The predicted octanol–water partition coefficient (Wildman–Crippen LogP) is 2.74. The molecule has 4 rings (SSSR count). The molecule has 2 aromatic carbocycles. The molecular weight excluding hydrogens is 512 g/mol. The normalized spacial score (nSPS) is 16.1. The highest BCUT2D eigenvalue weighted by Crippen LogP contribution is 2.34. The molecule has 0 bridgehead atoms. The second-order valence-electron chi connectivity index (χ2n) is 9.00. The van der Waals surface area contributed by atoms with E-state index in [1.54, 1.807) is 12.1 Å². The van der Waals surface area contributed by atoms with Crippen LogP contribution in [0.25, 0.3) is 0 Å². The Bertz CT molecular complexity index is 1140. The molecule has 1 saturated carbocycles. The lowest BCUT2D eigenvalue weighted by Gasteiger charge is -2.31. The van der Waals surface area contributed by atoms with Crippen molar-refractivity contribution in [3.63, 3.8) is 0 Å².